The summed E-state index contributed by atoms with van der Waals surface area (Å²) in [4.78, 5) is 16.3. The smallest absolute Gasteiger partial charge is 0.387 e. The summed E-state index contributed by atoms with van der Waals surface area (Å²) >= 11 is 1.16. The number of alkyl halides is 2. The van der Waals surface area contributed by atoms with E-state index in [0.717, 1.165) is 24.6 Å². The number of benzene rings is 1. The van der Waals surface area contributed by atoms with Crippen LogP contribution in [-0.4, -0.2) is 49.1 Å². The number of nitrogens with one attached hydrogen (secondary N) is 1. The molecule has 1 aliphatic heterocycles. The highest BCUT2D eigenvalue weighted by Crippen LogP contribution is 2.23. The number of anilines is 1. The third-order valence-electron chi connectivity index (χ3n) is 4.13. The van der Waals surface area contributed by atoms with Gasteiger partial charge in [0.15, 0.2) is 0 Å². The molecule has 1 amide bonds. The monoisotopic (exact) mass is 443 g/mol. The van der Waals surface area contributed by atoms with Gasteiger partial charge in [-0.2, -0.15) is 13.1 Å². The van der Waals surface area contributed by atoms with E-state index in [1.807, 2.05) is 0 Å². The number of carbonyl (C=O) groups excluding carboxylic acids is 1. The highest BCUT2D eigenvalue weighted by Gasteiger charge is 2.27. The minimum absolute atomic E-state index is 0.000506. The molecule has 156 valence electrons. The lowest BCUT2D eigenvalue weighted by Crippen LogP contribution is -2.27. The number of hydrogen-bond acceptors (Lipinski definition) is 6. The number of halogens is 2. The van der Waals surface area contributed by atoms with E-state index in [9.17, 15) is 22.0 Å². The molecule has 3 rings (SSSR count). The van der Waals surface area contributed by atoms with E-state index in [1.54, 1.807) is 6.07 Å². The van der Waals surface area contributed by atoms with Crippen molar-refractivity contribution in [1.82, 2.24) is 9.29 Å². The fourth-order valence-corrected chi connectivity index (χ4v) is 4.84. The van der Waals surface area contributed by atoms with Crippen LogP contribution in [0, 0.1) is 0 Å². The van der Waals surface area contributed by atoms with Crippen molar-refractivity contribution in [2.24, 2.45) is 0 Å². The van der Waals surface area contributed by atoms with E-state index in [0.29, 0.717) is 23.8 Å². The van der Waals surface area contributed by atoms with Gasteiger partial charge in [0.2, 0.25) is 15.9 Å². The molecule has 0 radical (unpaired) electrons. The van der Waals surface area contributed by atoms with E-state index in [-0.39, 0.29) is 22.3 Å². The maximum Gasteiger partial charge on any atom is 0.387 e. The van der Waals surface area contributed by atoms with Crippen molar-refractivity contribution in [3.05, 3.63) is 42.6 Å². The lowest BCUT2D eigenvalue weighted by molar-refractivity contribution is -0.113. The van der Waals surface area contributed by atoms with Gasteiger partial charge in [-0.25, -0.2) is 13.4 Å². The summed E-state index contributed by atoms with van der Waals surface area (Å²) in [5.41, 5.74) is 0.442. The molecule has 11 heteroatoms. The third kappa shape index (κ3) is 5.87. The van der Waals surface area contributed by atoms with Gasteiger partial charge < -0.3 is 10.1 Å². The predicted octanol–water partition coefficient (Wildman–Crippen LogP) is 3.20. The molecule has 1 fully saturated rings. The van der Waals surface area contributed by atoms with Crippen LogP contribution in [-0.2, 0) is 14.8 Å². The molecule has 0 atom stereocenters. The summed E-state index contributed by atoms with van der Waals surface area (Å²) in [5, 5.41) is 3.15. The Morgan fingerprint density at radius 3 is 2.45 bits per heavy atom. The van der Waals surface area contributed by atoms with Crippen LogP contribution in [0.3, 0.4) is 0 Å². The Hall–Kier alpha value is -2.24. The number of thioether (sulfide) groups is 1. The fourth-order valence-electron chi connectivity index (χ4n) is 2.74. The molecule has 2 aromatic rings. The number of ether oxygens (including phenoxy) is 1. The molecule has 1 saturated heterocycles. The molecule has 1 aliphatic rings. The summed E-state index contributed by atoms with van der Waals surface area (Å²) in [6.07, 6.45) is 3.02. The second kappa shape index (κ2) is 9.51. The molecule has 7 nitrogen and oxygen atoms in total. The second-order valence-electron chi connectivity index (χ2n) is 6.18. The Morgan fingerprint density at radius 1 is 1.17 bits per heavy atom. The first-order valence-corrected chi connectivity index (χ1v) is 11.2. The van der Waals surface area contributed by atoms with Crippen LogP contribution in [0.25, 0.3) is 0 Å². The summed E-state index contributed by atoms with van der Waals surface area (Å²) in [6, 6.07) is 8.62. The standard InChI is InChI=1S/C18H19F2N3O4S2/c19-18(20)27-14-5-3-13(4-6-14)22-16(24)12-28-17-8-7-15(11-21-17)29(25,26)23-9-1-2-10-23/h3-8,11,18H,1-2,9-10,12H2,(H,22,24). The molecule has 0 aliphatic carbocycles. The molecule has 29 heavy (non-hydrogen) atoms. The average Bonchev–Trinajstić information content (AvgIpc) is 3.24. The predicted molar refractivity (Wildman–Crippen MR) is 105 cm³/mol. The van der Waals surface area contributed by atoms with Gasteiger partial charge in [0.1, 0.15) is 10.6 Å². The Bertz CT molecular complexity index is 933. The van der Waals surface area contributed by atoms with E-state index in [1.165, 1.54) is 40.8 Å². The van der Waals surface area contributed by atoms with Crippen LogP contribution in [0.2, 0.25) is 0 Å². The topological polar surface area (TPSA) is 88.6 Å². The normalized spacial score (nSPS) is 14.9. The quantitative estimate of drug-likeness (QED) is 0.631. The number of hydrogen-bond donors (Lipinski definition) is 1. The number of rotatable bonds is 8. The summed E-state index contributed by atoms with van der Waals surface area (Å²) in [7, 11) is -3.51. The minimum atomic E-state index is -3.51. The Morgan fingerprint density at radius 2 is 1.86 bits per heavy atom. The fraction of sp³-hybridized carbons (Fsp3) is 0.333. The van der Waals surface area contributed by atoms with Gasteiger partial charge >= 0.3 is 6.61 Å². The third-order valence-corrected chi connectivity index (χ3v) is 6.95. The van der Waals surface area contributed by atoms with E-state index < -0.39 is 16.6 Å². The number of aromatic nitrogens is 1. The molecule has 0 saturated carbocycles. The summed E-state index contributed by atoms with van der Waals surface area (Å²) in [5.74, 6) is -0.255. The molecule has 1 N–H and O–H groups in total. The zero-order valence-corrected chi connectivity index (χ0v) is 16.9. The van der Waals surface area contributed by atoms with Crippen molar-refractivity contribution in [3.63, 3.8) is 0 Å². The SMILES string of the molecule is O=C(CSc1ccc(S(=O)(=O)N2CCCC2)cn1)Nc1ccc(OC(F)F)cc1. The summed E-state index contributed by atoms with van der Waals surface area (Å²) < 4.78 is 54.9. The Kier molecular flexibility index (Phi) is 7.04. The van der Waals surface area contributed by atoms with Gasteiger partial charge in [-0.15, -0.1) is 0 Å². The first kappa shape index (κ1) is 21.5. The van der Waals surface area contributed by atoms with Crippen LogP contribution in [0.1, 0.15) is 12.8 Å². The van der Waals surface area contributed by atoms with E-state index in [2.05, 4.69) is 15.0 Å². The first-order valence-electron chi connectivity index (χ1n) is 8.78. The van der Waals surface area contributed by atoms with E-state index >= 15 is 0 Å². The van der Waals surface area contributed by atoms with Crippen LogP contribution in [0.4, 0.5) is 14.5 Å². The van der Waals surface area contributed by atoms with Crippen molar-refractivity contribution < 1.29 is 26.7 Å². The largest absolute Gasteiger partial charge is 0.435 e. The molecule has 0 bridgehead atoms. The van der Waals surface area contributed by atoms with Crippen LogP contribution in [0.15, 0.2) is 52.5 Å². The minimum Gasteiger partial charge on any atom is -0.435 e. The number of pyridine rings is 1. The zero-order chi connectivity index (χ0) is 20.9. The maximum atomic E-state index is 12.5. The number of amides is 1. The molecule has 0 spiro atoms. The van der Waals surface area contributed by atoms with Gasteiger partial charge in [-0.1, -0.05) is 11.8 Å². The van der Waals surface area contributed by atoms with Crippen molar-refractivity contribution >= 4 is 33.4 Å². The van der Waals surface area contributed by atoms with Crippen molar-refractivity contribution in [3.8, 4) is 5.75 Å². The van der Waals surface area contributed by atoms with Crippen LogP contribution in [0.5, 0.6) is 5.75 Å². The Balaban J connectivity index is 1.51. The molecule has 1 aromatic carbocycles. The lowest BCUT2D eigenvalue weighted by atomic mass is 10.3. The highest BCUT2D eigenvalue weighted by molar-refractivity contribution is 7.99. The van der Waals surface area contributed by atoms with Gasteiger partial charge in [0, 0.05) is 25.0 Å². The van der Waals surface area contributed by atoms with E-state index in [4.69, 9.17) is 0 Å². The molecule has 0 unspecified atom stereocenters. The van der Waals surface area contributed by atoms with Crippen molar-refractivity contribution in [1.29, 1.82) is 0 Å². The number of sulfonamides is 1. The van der Waals surface area contributed by atoms with Crippen molar-refractivity contribution in [2.45, 2.75) is 29.4 Å². The zero-order valence-electron chi connectivity index (χ0n) is 15.3. The number of carbonyl (C=O) groups is 1. The van der Waals surface area contributed by atoms with Gasteiger partial charge in [0.05, 0.1) is 10.8 Å². The van der Waals surface area contributed by atoms with Crippen LogP contribution >= 0.6 is 11.8 Å². The molecular weight excluding hydrogens is 424 g/mol. The average molecular weight is 443 g/mol. The first-order chi connectivity index (χ1) is 13.8. The molecule has 2 heterocycles. The highest BCUT2D eigenvalue weighted by atomic mass is 32.2. The van der Waals surface area contributed by atoms with Gasteiger partial charge in [-0.05, 0) is 49.2 Å². The maximum absolute atomic E-state index is 12.5. The van der Waals surface area contributed by atoms with Crippen LogP contribution < -0.4 is 10.1 Å². The van der Waals surface area contributed by atoms with Gasteiger partial charge in [-0.3, -0.25) is 4.79 Å². The molecule has 1 aromatic heterocycles. The Labute approximate surface area is 171 Å². The van der Waals surface area contributed by atoms with Gasteiger partial charge in [0.25, 0.3) is 0 Å². The lowest BCUT2D eigenvalue weighted by Gasteiger charge is -2.15. The second-order valence-corrected chi connectivity index (χ2v) is 9.12. The summed E-state index contributed by atoms with van der Waals surface area (Å²) in [6.45, 7) is -1.86. The number of nitrogens with zero attached hydrogens (tertiary/aromatic N) is 2. The van der Waals surface area contributed by atoms with Crippen molar-refractivity contribution in [2.75, 3.05) is 24.2 Å². The molecular formula is C18H19F2N3O4S2.